The minimum Gasteiger partial charge on any atom is -0.355 e. The fourth-order valence-electron chi connectivity index (χ4n) is 3.62. The number of carbonyl (C=O) groups excluding carboxylic acids is 2. The SMILES string of the molecule is CCNC(=O)CN1CCN(C(=O)c2ccc3noc(-c4ccccc4)c3c2)CC1. The first-order valence-electron chi connectivity index (χ1n) is 9.89. The molecule has 2 aromatic carbocycles. The van der Waals surface area contributed by atoms with E-state index >= 15 is 0 Å². The van der Waals surface area contributed by atoms with Crippen molar-refractivity contribution < 1.29 is 14.1 Å². The van der Waals surface area contributed by atoms with Crippen molar-refractivity contribution in [3.63, 3.8) is 0 Å². The summed E-state index contributed by atoms with van der Waals surface area (Å²) in [7, 11) is 0. The highest BCUT2D eigenvalue weighted by Crippen LogP contribution is 2.29. The van der Waals surface area contributed by atoms with Crippen molar-refractivity contribution in [2.45, 2.75) is 6.92 Å². The van der Waals surface area contributed by atoms with Crippen molar-refractivity contribution in [1.82, 2.24) is 20.3 Å². The lowest BCUT2D eigenvalue weighted by molar-refractivity contribution is -0.122. The number of fused-ring (bicyclic) bond motifs is 1. The number of hydrogen-bond donors (Lipinski definition) is 1. The second-order valence-electron chi connectivity index (χ2n) is 7.13. The van der Waals surface area contributed by atoms with E-state index in [1.54, 1.807) is 6.07 Å². The van der Waals surface area contributed by atoms with E-state index in [9.17, 15) is 9.59 Å². The molecule has 0 saturated carbocycles. The summed E-state index contributed by atoms with van der Waals surface area (Å²) in [6.45, 7) is 5.50. The molecule has 7 heteroatoms. The third-order valence-corrected chi connectivity index (χ3v) is 5.16. The number of rotatable bonds is 5. The number of benzene rings is 2. The molecule has 0 spiro atoms. The Hall–Kier alpha value is -3.19. The number of aromatic nitrogens is 1. The van der Waals surface area contributed by atoms with Crippen molar-refractivity contribution in [2.24, 2.45) is 0 Å². The van der Waals surface area contributed by atoms with Gasteiger partial charge in [0.25, 0.3) is 5.91 Å². The van der Waals surface area contributed by atoms with E-state index in [1.807, 2.05) is 54.3 Å². The summed E-state index contributed by atoms with van der Waals surface area (Å²) >= 11 is 0. The Kier molecular flexibility index (Phi) is 5.57. The average molecular weight is 392 g/mol. The molecule has 7 nitrogen and oxygen atoms in total. The van der Waals surface area contributed by atoms with E-state index in [0.717, 1.165) is 16.5 Å². The van der Waals surface area contributed by atoms with Gasteiger partial charge >= 0.3 is 0 Å². The zero-order valence-corrected chi connectivity index (χ0v) is 16.4. The maximum atomic E-state index is 13.0. The third kappa shape index (κ3) is 4.14. The molecule has 1 aliphatic heterocycles. The van der Waals surface area contributed by atoms with Gasteiger partial charge in [0.05, 0.1) is 11.9 Å². The first-order valence-corrected chi connectivity index (χ1v) is 9.89. The Morgan fingerprint density at radius 1 is 1.07 bits per heavy atom. The van der Waals surface area contributed by atoms with Crippen LogP contribution in [0.1, 0.15) is 17.3 Å². The van der Waals surface area contributed by atoms with E-state index in [1.165, 1.54) is 0 Å². The summed E-state index contributed by atoms with van der Waals surface area (Å²) < 4.78 is 5.53. The summed E-state index contributed by atoms with van der Waals surface area (Å²) in [6.07, 6.45) is 0. The summed E-state index contributed by atoms with van der Waals surface area (Å²) in [5, 5.41) is 7.76. The minimum absolute atomic E-state index is 0.00947. The fourth-order valence-corrected chi connectivity index (χ4v) is 3.62. The number of nitrogens with zero attached hydrogens (tertiary/aromatic N) is 3. The van der Waals surface area contributed by atoms with Crippen molar-refractivity contribution in [2.75, 3.05) is 39.3 Å². The predicted molar refractivity (Wildman–Crippen MR) is 110 cm³/mol. The molecule has 3 aromatic rings. The maximum Gasteiger partial charge on any atom is 0.253 e. The summed E-state index contributed by atoms with van der Waals surface area (Å²) in [4.78, 5) is 28.7. The molecule has 0 aliphatic carbocycles. The maximum absolute atomic E-state index is 13.0. The second-order valence-corrected chi connectivity index (χ2v) is 7.13. The molecule has 4 rings (SSSR count). The van der Waals surface area contributed by atoms with Crippen LogP contribution in [-0.2, 0) is 4.79 Å². The molecule has 2 heterocycles. The van der Waals surface area contributed by atoms with Crippen LogP contribution in [-0.4, -0.2) is 66.0 Å². The van der Waals surface area contributed by atoms with Crippen LogP contribution >= 0.6 is 0 Å². The quantitative estimate of drug-likeness (QED) is 0.721. The topological polar surface area (TPSA) is 78.7 Å². The molecular formula is C22H24N4O3. The third-order valence-electron chi connectivity index (χ3n) is 5.16. The monoisotopic (exact) mass is 392 g/mol. The number of likely N-dealkylation sites (N-methyl/N-ethyl adjacent to an activating group) is 1. The predicted octanol–water partition coefficient (Wildman–Crippen LogP) is 2.39. The van der Waals surface area contributed by atoms with E-state index < -0.39 is 0 Å². The molecule has 0 bridgehead atoms. The van der Waals surface area contributed by atoms with E-state index in [4.69, 9.17) is 4.52 Å². The number of hydrogen-bond acceptors (Lipinski definition) is 5. The van der Waals surface area contributed by atoms with Gasteiger partial charge in [0.15, 0.2) is 5.76 Å². The van der Waals surface area contributed by atoms with Crippen molar-refractivity contribution in [1.29, 1.82) is 0 Å². The van der Waals surface area contributed by atoms with Gasteiger partial charge in [-0.25, -0.2) is 0 Å². The fraction of sp³-hybridized carbons (Fsp3) is 0.318. The lowest BCUT2D eigenvalue weighted by Gasteiger charge is -2.34. The van der Waals surface area contributed by atoms with Crippen LogP contribution in [0, 0.1) is 0 Å². The zero-order chi connectivity index (χ0) is 20.2. The standard InChI is InChI=1S/C22H24N4O3/c1-2-23-20(27)15-25-10-12-26(13-11-25)22(28)17-8-9-19-18(14-17)21(29-24-19)16-6-4-3-5-7-16/h3-9,14H,2,10-13,15H2,1H3,(H,23,27). The minimum atomic E-state index is -0.00947. The van der Waals surface area contributed by atoms with E-state index in [0.29, 0.717) is 50.6 Å². The molecule has 0 radical (unpaired) electrons. The van der Waals surface area contributed by atoms with Gasteiger partial charge in [0.2, 0.25) is 5.91 Å². The van der Waals surface area contributed by atoms with Gasteiger partial charge in [0.1, 0.15) is 5.52 Å². The van der Waals surface area contributed by atoms with Crippen LogP contribution in [0.2, 0.25) is 0 Å². The highest BCUT2D eigenvalue weighted by Gasteiger charge is 2.24. The van der Waals surface area contributed by atoms with Crippen LogP contribution in [0.15, 0.2) is 53.1 Å². The highest BCUT2D eigenvalue weighted by molar-refractivity contribution is 6.01. The number of piperazine rings is 1. The molecule has 1 saturated heterocycles. The second kappa shape index (κ2) is 8.45. The van der Waals surface area contributed by atoms with Gasteiger partial charge in [-0.1, -0.05) is 35.5 Å². The average Bonchev–Trinajstić information content (AvgIpc) is 3.18. The van der Waals surface area contributed by atoms with E-state index in [2.05, 4.69) is 15.4 Å². The molecule has 1 aromatic heterocycles. The normalized spacial score (nSPS) is 14.9. The van der Waals surface area contributed by atoms with Gasteiger partial charge < -0.3 is 14.7 Å². The van der Waals surface area contributed by atoms with Crippen LogP contribution in [0.3, 0.4) is 0 Å². The van der Waals surface area contributed by atoms with Crippen molar-refractivity contribution in [3.05, 3.63) is 54.1 Å². The largest absolute Gasteiger partial charge is 0.355 e. The summed E-state index contributed by atoms with van der Waals surface area (Å²) in [5.74, 6) is 0.686. The first kappa shape index (κ1) is 19.1. The Morgan fingerprint density at radius 2 is 1.83 bits per heavy atom. The molecule has 29 heavy (non-hydrogen) atoms. The molecule has 150 valence electrons. The van der Waals surface area contributed by atoms with Crippen LogP contribution in [0.4, 0.5) is 0 Å². The van der Waals surface area contributed by atoms with Gasteiger partial charge in [0, 0.05) is 43.9 Å². The molecule has 0 atom stereocenters. The molecule has 1 N–H and O–H groups in total. The van der Waals surface area contributed by atoms with Crippen LogP contribution in [0.25, 0.3) is 22.2 Å². The molecule has 2 amide bonds. The number of nitrogens with one attached hydrogen (secondary N) is 1. The Morgan fingerprint density at radius 3 is 2.55 bits per heavy atom. The summed E-state index contributed by atoms with van der Waals surface area (Å²) in [5.41, 5.74) is 2.28. The molecular weight excluding hydrogens is 368 g/mol. The molecule has 1 fully saturated rings. The van der Waals surface area contributed by atoms with E-state index in [-0.39, 0.29) is 11.8 Å². The van der Waals surface area contributed by atoms with Gasteiger partial charge in [-0.2, -0.15) is 0 Å². The smallest absolute Gasteiger partial charge is 0.253 e. The van der Waals surface area contributed by atoms with Gasteiger partial charge in [-0.05, 0) is 25.1 Å². The molecule has 0 unspecified atom stereocenters. The van der Waals surface area contributed by atoms with Crippen molar-refractivity contribution in [3.8, 4) is 11.3 Å². The molecule has 1 aliphatic rings. The Balaban J connectivity index is 1.47. The van der Waals surface area contributed by atoms with Crippen LogP contribution < -0.4 is 5.32 Å². The zero-order valence-electron chi connectivity index (χ0n) is 16.4. The van der Waals surface area contributed by atoms with Crippen LogP contribution in [0.5, 0.6) is 0 Å². The Labute approximate surface area is 169 Å². The van der Waals surface area contributed by atoms with Crippen molar-refractivity contribution >= 4 is 22.7 Å². The first-order chi connectivity index (χ1) is 14.2. The number of carbonyl (C=O) groups is 2. The van der Waals surface area contributed by atoms with Gasteiger partial charge in [-0.15, -0.1) is 0 Å². The van der Waals surface area contributed by atoms with Gasteiger partial charge in [-0.3, -0.25) is 14.5 Å². The number of amides is 2. The summed E-state index contributed by atoms with van der Waals surface area (Å²) in [6, 6.07) is 15.2. The lowest BCUT2D eigenvalue weighted by atomic mass is 10.1. The Bertz CT molecular complexity index is 1010. The highest BCUT2D eigenvalue weighted by atomic mass is 16.5. The lowest BCUT2D eigenvalue weighted by Crippen LogP contribution is -2.51.